The molecule has 2 rings (SSSR count). The molecule has 0 radical (unpaired) electrons. The van der Waals surface area contributed by atoms with Gasteiger partial charge >= 0.3 is 0 Å². The van der Waals surface area contributed by atoms with E-state index in [0.29, 0.717) is 23.8 Å². The molecule has 1 fully saturated rings. The van der Waals surface area contributed by atoms with Crippen LogP contribution in [0.25, 0.3) is 0 Å². The second-order valence-electron chi connectivity index (χ2n) is 3.73. The van der Waals surface area contributed by atoms with E-state index in [9.17, 15) is 0 Å². The lowest BCUT2D eigenvalue weighted by molar-refractivity contribution is 0.297. The lowest BCUT2D eigenvalue weighted by atomic mass is 10.2. The Labute approximate surface area is 89.2 Å². The first-order chi connectivity index (χ1) is 7.33. The molecule has 3 heteroatoms. The quantitative estimate of drug-likeness (QED) is 0.754. The van der Waals surface area contributed by atoms with Crippen molar-refractivity contribution in [1.82, 2.24) is 0 Å². The number of ether oxygens (including phenoxy) is 2. The second kappa shape index (κ2) is 4.22. The number of hydrogen-bond acceptors (Lipinski definition) is 3. The molecule has 0 unspecified atom stereocenters. The first-order valence-corrected chi connectivity index (χ1v) is 5.04. The van der Waals surface area contributed by atoms with Crippen molar-refractivity contribution < 1.29 is 9.47 Å². The van der Waals surface area contributed by atoms with E-state index < -0.39 is 0 Å². The van der Waals surface area contributed by atoms with Crippen molar-refractivity contribution in [3.8, 4) is 17.6 Å². The molecule has 1 aromatic carbocycles. The molecule has 1 aliphatic carbocycles. The van der Waals surface area contributed by atoms with Crippen molar-refractivity contribution in [2.45, 2.75) is 12.8 Å². The van der Waals surface area contributed by atoms with Gasteiger partial charge in [0.05, 0.1) is 19.3 Å². The zero-order chi connectivity index (χ0) is 10.7. The van der Waals surface area contributed by atoms with Crippen LogP contribution in [0.5, 0.6) is 11.5 Å². The van der Waals surface area contributed by atoms with Crippen LogP contribution in [0.15, 0.2) is 18.2 Å². The van der Waals surface area contributed by atoms with Crippen molar-refractivity contribution in [2.24, 2.45) is 5.92 Å². The summed E-state index contributed by atoms with van der Waals surface area (Å²) in [6, 6.07) is 7.36. The van der Waals surface area contributed by atoms with Crippen LogP contribution in [0.4, 0.5) is 0 Å². The summed E-state index contributed by atoms with van der Waals surface area (Å²) in [7, 11) is 1.60. The number of rotatable bonds is 4. The highest BCUT2D eigenvalue weighted by atomic mass is 16.5. The van der Waals surface area contributed by atoms with Crippen molar-refractivity contribution >= 4 is 0 Å². The maximum absolute atomic E-state index is 8.89. The molecule has 0 aliphatic heterocycles. The summed E-state index contributed by atoms with van der Waals surface area (Å²) in [5, 5.41) is 8.89. The Kier molecular flexibility index (Phi) is 2.77. The highest BCUT2D eigenvalue weighted by molar-refractivity contribution is 5.47. The van der Waals surface area contributed by atoms with Crippen LogP contribution in [-0.4, -0.2) is 13.7 Å². The minimum Gasteiger partial charge on any atom is -0.497 e. The molecule has 0 aromatic heterocycles. The minimum atomic E-state index is 0.566. The maximum Gasteiger partial charge on any atom is 0.140 e. The number of nitrogens with zero attached hydrogens (tertiary/aromatic N) is 1. The van der Waals surface area contributed by atoms with Crippen LogP contribution in [0.3, 0.4) is 0 Å². The predicted octanol–water partition coefficient (Wildman–Crippen LogP) is 2.36. The maximum atomic E-state index is 8.89. The van der Waals surface area contributed by atoms with Crippen LogP contribution in [0.1, 0.15) is 18.4 Å². The van der Waals surface area contributed by atoms with E-state index in [1.165, 1.54) is 12.8 Å². The molecule has 1 aromatic rings. The van der Waals surface area contributed by atoms with Crippen LogP contribution in [-0.2, 0) is 0 Å². The van der Waals surface area contributed by atoms with E-state index in [-0.39, 0.29) is 0 Å². The molecule has 0 N–H and O–H groups in total. The molecule has 3 nitrogen and oxygen atoms in total. The van der Waals surface area contributed by atoms with Gasteiger partial charge in [-0.3, -0.25) is 0 Å². The van der Waals surface area contributed by atoms with Crippen LogP contribution >= 0.6 is 0 Å². The molecule has 0 heterocycles. The Morgan fingerprint density at radius 2 is 2.27 bits per heavy atom. The smallest absolute Gasteiger partial charge is 0.140 e. The van der Waals surface area contributed by atoms with Crippen molar-refractivity contribution in [1.29, 1.82) is 5.26 Å². The van der Waals surface area contributed by atoms with Crippen molar-refractivity contribution in [2.75, 3.05) is 13.7 Å². The SMILES string of the molecule is COc1ccc(C#N)c(OCC2CC2)c1. The van der Waals surface area contributed by atoms with E-state index >= 15 is 0 Å². The molecule has 78 valence electrons. The highest BCUT2D eigenvalue weighted by Gasteiger charge is 2.22. The van der Waals surface area contributed by atoms with E-state index in [2.05, 4.69) is 6.07 Å². The van der Waals surface area contributed by atoms with Gasteiger partial charge in [-0.15, -0.1) is 0 Å². The van der Waals surface area contributed by atoms with Crippen LogP contribution in [0.2, 0.25) is 0 Å². The largest absolute Gasteiger partial charge is 0.497 e. The van der Waals surface area contributed by atoms with Gasteiger partial charge in [-0.1, -0.05) is 0 Å². The van der Waals surface area contributed by atoms with Crippen molar-refractivity contribution in [3.63, 3.8) is 0 Å². The second-order valence-corrected chi connectivity index (χ2v) is 3.73. The lowest BCUT2D eigenvalue weighted by Gasteiger charge is -2.08. The van der Waals surface area contributed by atoms with Gasteiger partial charge in [-0.25, -0.2) is 0 Å². The monoisotopic (exact) mass is 203 g/mol. The number of hydrogen-bond donors (Lipinski definition) is 0. The molecule has 0 amide bonds. The molecule has 0 atom stereocenters. The molecule has 0 spiro atoms. The summed E-state index contributed by atoms with van der Waals surface area (Å²) in [4.78, 5) is 0. The standard InChI is InChI=1S/C12H13NO2/c1-14-11-5-4-10(7-13)12(6-11)15-8-9-2-3-9/h4-6,9H,2-3,8H2,1H3. The highest BCUT2D eigenvalue weighted by Crippen LogP contribution is 2.31. The van der Waals surface area contributed by atoms with Gasteiger partial charge in [0.25, 0.3) is 0 Å². The van der Waals surface area contributed by atoms with Gasteiger partial charge in [0.2, 0.25) is 0 Å². The van der Waals surface area contributed by atoms with Crippen LogP contribution in [0, 0.1) is 17.2 Å². The van der Waals surface area contributed by atoms with E-state index in [4.69, 9.17) is 14.7 Å². The summed E-state index contributed by atoms with van der Waals surface area (Å²) in [5.74, 6) is 2.03. The Morgan fingerprint density at radius 1 is 1.47 bits per heavy atom. The third-order valence-corrected chi connectivity index (χ3v) is 2.48. The molecule has 15 heavy (non-hydrogen) atoms. The fraction of sp³-hybridized carbons (Fsp3) is 0.417. The minimum absolute atomic E-state index is 0.566. The molecule has 1 aliphatic rings. The topological polar surface area (TPSA) is 42.2 Å². The fourth-order valence-electron chi connectivity index (χ4n) is 1.33. The summed E-state index contributed by atoms with van der Waals surface area (Å²) in [6.45, 7) is 0.710. The van der Waals surface area contributed by atoms with Crippen molar-refractivity contribution in [3.05, 3.63) is 23.8 Å². The molecular weight excluding hydrogens is 190 g/mol. The summed E-state index contributed by atoms with van der Waals surface area (Å²) < 4.78 is 10.7. The normalized spacial score (nSPS) is 14.4. The number of methoxy groups -OCH3 is 1. The molecule has 0 saturated heterocycles. The predicted molar refractivity (Wildman–Crippen MR) is 55.9 cm³/mol. The van der Waals surface area contributed by atoms with Gasteiger partial charge in [0, 0.05) is 6.07 Å². The zero-order valence-corrected chi connectivity index (χ0v) is 8.69. The Morgan fingerprint density at radius 3 is 2.87 bits per heavy atom. The molecule has 1 saturated carbocycles. The average molecular weight is 203 g/mol. The third-order valence-electron chi connectivity index (χ3n) is 2.48. The molecular formula is C12H13NO2. The average Bonchev–Trinajstić information content (AvgIpc) is 3.09. The van der Waals surface area contributed by atoms with E-state index in [0.717, 1.165) is 5.75 Å². The van der Waals surface area contributed by atoms with Gasteiger partial charge in [-0.05, 0) is 30.9 Å². The number of nitriles is 1. The van der Waals surface area contributed by atoms with Crippen LogP contribution < -0.4 is 9.47 Å². The summed E-state index contributed by atoms with van der Waals surface area (Å²) >= 11 is 0. The Balaban J connectivity index is 2.13. The van der Waals surface area contributed by atoms with E-state index in [1.807, 2.05) is 0 Å². The zero-order valence-electron chi connectivity index (χ0n) is 8.69. The lowest BCUT2D eigenvalue weighted by Crippen LogP contribution is -2.00. The van der Waals surface area contributed by atoms with Gasteiger partial charge in [-0.2, -0.15) is 5.26 Å². The number of benzene rings is 1. The third kappa shape index (κ3) is 2.41. The Bertz CT molecular complexity index is 391. The first-order valence-electron chi connectivity index (χ1n) is 5.04. The van der Waals surface area contributed by atoms with E-state index in [1.54, 1.807) is 25.3 Å². The van der Waals surface area contributed by atoms with Gasteiger partial charge in [0.15, 0.2) is 0 Å². The Hall–Kier alpha value is -1.69. The first kappa shape index (κ1) is 9.85. The summed E-state index contributed by atoms with van der Waals surface area (Å²) in [5.41, 5.74) is 0.566. The fourth-order valence-corrected chi connectivity index (χ4v) is 1.33. The molecule has 0 bridgehead atoms. The summed E-state index contributed by atoms with van der Waals surface area (Å²) in [6.07, 6.45) is 2.48. The van der Waals surface area contributed by atoms with Gasteiger partial charge < -0.3 is 9.47 Å². The van der Waals surface area contributed by atoms with Gasteiger partial charge in [0.1, 0.15) is 17.6 Å².